The number of pyridine rings is 1. The third-order valence-corrected chi connectivity index (χ3v) is 2.75. The van der Waals surface area contributed by atoms with Gasteiger partial charge >= 0.3 is 0 Å². The van der Waals surface area contributed by atoms with Crippen LogP contribution in [0.25, 0.3) is 0 Å². The Balaban J connectivity index is 2.03. The highest BCUT2D eigenvalue weighted by Gasteiger charge is 2.26. The van der Waals surface area contributed by atoms with Crippen molar-refractivity contribution in [1.29, 1.82) is 0 Å². The Morgan fingerprint density at radius 1 is 1.53 bits per heavy atom. The summed E-state index contributed by atoms with van der Waals surface area (Å²) < 4.78 is 0. The van der Waals surface area contributed by atoms with Gasteiger partial charge < -0.3 is 4.90 Å². The molecular weight excluding hydrogens is 188 g/mol. The van der Waals surface area contributed by atoms with Crippen molar-refractivity contribution in [1.82, 2.24) is 9.88 Å². The molecule has 0 aliphatic carbocycles. The van der Waals surface area contributed by atoms with Crippen LogP contribution in [0.4, 0.5) is 0 Å². The van der Waals surface area contributed by atoms with Gasteiger partial charge in [0.15, 0.2) is 0 Å². The van der Waals surface area contributed by atoms with Crippen molar-refractivity contribution in [3.63, 3.8) is 0 Å². The minimum atomic E-state index is 0.267. The number of carbonyl (C=O) groups is 1. The standard InChI is InChI=1S/C12H16N2O/c1-9-5-12(15)14(7-9)8-11-4-3-10(2)13-6-11/h3-4,6,9H,5,7-8H2,1-2H3. The Hall–Kier alpha value is -1.38. The molecule has 3 nitrogen and oxygen atoms in total. The van der Waals surface area contributed by atoms with Crippen LogP contribution in [-0.2, 0) is 11.3 Å². The van der Waals surface area contributed by atoms with Crippen LogP contribution >= 0.6 is 0 Å². The second kappa shape index (κ2) is 4.01. The molecule has 0 N–H and O–H groups in total. The molecule has 1 fully saturated rings. The van der Waals surface area contributed by atoms with Gasteiger partial charge in [0.1, 0.15) is 0 Å². The molecule has 0 saturated carbocycles. The molecule has 3 heteroatoms. The van der Waals surface area contributed by atoms with Crippen LogP contribution in [-0.4, -0.2) is 22.3 Å². The molecule has 1 aromatic heterocycles. The summed E-state index contributed by atoms with van der Waals surface area (Å²) in [6.07, 6.45) is 2.55. The molecule has 2 rings (SSSR count). The molecule has 1 aromatic rings. The smallest absolute Gasteiger partial charge is 0.223 e. The minimum Gasteiger partial charge on any atom is -0.338 e. The van der Waals surface area contributed by atoms with Gasteiger partial charge in [0.2, 0.25) is 5.91 Å². The summed E-state index contributed by atoms with van der Waals surface area (Å²) in [6, 6.07) is 4.03. The van der Waals surface area contributed by atoms with Crippen LogP contribution in [0.3, 0.4) is 0 Å². The lowest BCUT2D eigenvalue weighted by molar-refractivity contribution is -0.128. The first-order valence-corrected chi connectivity index (χ1v) is 5.34. The highest BCUT2D eigenvalue weighted by molar-refractivity contribution is 5.78. The van der Waals surface area contributed by atoms with Crippen molar-refractivity contribution in [3.8, 4) is 0 Å². The van der Waals surface area contributed by atoms with E-state index in [4.69, 9.17) is 0 Å². The van der Waals surface area contributed by atoms with E-state index < -0.39 is 0 Å². The monoisotopic (exact) mass is 204 g/mol. The van der Waals surface area contributed by atoms with Crippen molar-refractivity contribution in [2.45, 2.75) is 26.8 Å². The molecule has 0 aromatic carbocycles. The summed E-state index contributed by atoms with van der Waals surface area (Å²) in [4.78, 5) is 17.7. The first kappa shape index (κ1) is 10.1. The van der Waals surface area contributed by atoms with Gasteiger partial charge in [-0.2, -0.15) is 0 Å². The number of hydrogen-bond acceptors (Lipinski definition) is 2. The van der Waals surface area contributed by atoms with E-state index in [1.54, 1.807) is 0 Å². The lowest BCUT2D eigenvalue weighted by Gasteiger charge is -2.15. The average molecular weight is 204 g/mol. The molecule has 1 amide bonds. The van der Waals surface area contributed by atoms with Crippen LogP contribution in [0, 0.1) is 12.8 Å². The number of aromatic nitrogens is 1. The zero-order valence-electron chi connectivity index (χ0n) is 9.23. The Morgan fingerprint density at radius 3 is 2.87 bits per heavy atom. The molecule has 0 radical (unpaired) electrons. The van der Waals surface area contributed by atoms with Gasteiger partial charge in [-0.25, -0.2) is 0 Å². The number of amides is 1. The molecule has 80 valence electrons. The molecule has 1 aliphatic rings. The fourth-order valence-electron chi connectivity index (χ4n) is 1.93. The summed E-state index contributed by atoms with van der Waals surface area (Å²) in [5.41, 5.74) is 2.13. The van der Waals surface area contributed by atoms with E-state index in [0.717, 1.165) is 17.8 Å². The molecule has 0 bridgehead atoms. The maximum Gasteiger partial charge on any atom is 0.223 e. The van der Waals surface area contributed by atoms with Gasteiger partial charge in [-0.15, -0.1) is 0 Å². The molecule has 1 saturated heterocycles. The molecule has 1 aliphatic heterocycles. The van der Waals surface area contributed by atoms with E-state index >= 15 is 0 Å². The van der Waals surface area contributed by atoms with Crippen molar-refractivity contribution in [2.24, 2.45) is 5.92 Å². The van der Waals surface area contributed by atoms with Gasteiger partial charge in [-0.05, 0) is 24.5 Å². The first-order chi connectivity index (χ1) is 7.15. The lowest BCUT2D eigenvalue weighted by Crippen LogP contribution is -2.24. The summed E-state index contributed by atoms with van der Waals surface area (Å²) in [6.45, 7) is 5.67. The number of nitrogens with zero attached hydrogens (tertiary/aromatic N) is 2. The van der Waals surface area contributed by atoms with Crippen LogP contribution in [0.15, 0.2) is 18.3 Å². The van der Waals surface area contributed by atoms with E-state index in [1.165, 1.54) is 0 Å². The molecule has 1 unspecified atom stereocenters. The SMILES string of the molecule is Cc1ccc(CN2CC(C)CC2=O)cn1. The quantitative estimate of drug-likeness (QED) is 0.735. The molecule has 2 heterocycles. The number of rotatable bonds is 2. The van der Waals surface area contributed by atoms with Gasteiger partial charge in [0.05, 0.1) is 0 Å². The zero-order chi connectivity index (χ0) is 10.8. The third kappa shape index (κ3) is 2.35. The lowest BCUT2D eigenvalue weighted by atomic mass is 10.2. The maximum absolute atomic E-state index is 11.6. The largest absolute Gasteiger partial charge is 0.338 e. The number of likely N-dealkylation sites (tertiary alicyclic amines) is 1. The van der Waals surface area contributed by atoms with Crippen molar-refractivity contribution < 1.29 is 4.79 Å². The van der Waals surface area contributed by atoms with Gasteiger partial charge in [-0.1, -0.05) is 13.0 Å². The number of carbonyl (C=O) groups excluding carboxylic acids is 1. The fraction of sp³-hybridized carbons (Fsp3) is 0.500. The topological polar surface area (TPSA) is 33.2 Å². The van der Waals surface area contributed by atoms with Crippen LogP contribution in [0.5, 0.6) is 0 Å². The van der Waals surface area contributed by atoms with Crippen molar-refractivity contribution in [3.05, 3.63) is 29.6 Å². The molecular formula is C12H16N2O. The molecule has 1 atom stereocenters. The van der Waals surface area contributed by atoms with Gasteiger partial charge in [0.25, 0.3) is 0 Å². The number of aryl methyl sites for hydroxylation is 1. The second-order valence-corrected chi connectivity index (χ2v) is 4.39. The fourth-order valence-corrected chi connectivity index (χ4v) is 1.93. The van der Waals surface area contributed by atoms with E-state index in [0.29, 0.717) is 18.9 Å². The normalized spacial score (nSPS) is 21.1. The predicted molar refractivity (Wildman–Crippen MR) is 58.2 cm³/mol. The van der Waals surface area contributed by atoms with Crippen molar-refractivity contribution >= 4 is 5.91 Å². The molecule has 15 heavy (non-hydrogen) atoms. The number of hydrogen-bond donors (Lipinski definition) is 0. The van der Waals surface area contributed by atoms with Crippen molar-refractivity contribution in [2.75, 3.05) is 6.54 Å². The summed E-state index contributed by atoms with van der Waals surface area (Å²) in [5.74, 6) is 0.763. The minimum absolute atomic E-state index is 0.267. The zero-order valence-corrected chi connectivity index (χ0v) is 9.23. The first-order valence-electron chi connectivity index (χ1n) is 5.34. The third-order valence-electron chi connectivity index (χ3n) is 2.75. The van der Waals surface area contributed by atoms with Crippen LogP contribution in [0.2, 0.25) is 0 Å². The maximum atomic E-state index is 11.6. The Kier molecular flexibility index (Phi) is 2.71. The molecule has 0 spiro atoms. The highest BCUT2D eigenvalue weighted by atomic mass is 16.2. The van der Waals surface area contributed by atoms with Crippen LogP contribution < -0.4 is 0 Å². The van der Waals surface area contributed by atoms with E-state index in [9.17, 15) is 4.79 Å². The van der Waals surface area contributed by atoms with E-state index in [2.05, 4.69) is 11.9 Å². The predicted octanol–water partition coefficient (Wildman–Crippen LogP) is 1.76. The van der Waals surface area contributed by atoms with Crippen LogP contribution in [0.1, 0.15) is 24.6 Å². The Labute approximate surface area is 90.1 Å². The summed E-state index contributed by atoms with van der Waals surface area (Å²) in [7, 11) is 0. The van der Waals surface area contributed by atoms with Gasteiger partial charge in [0, 0.05) is 31.4 Å². The second-order valence-electron chi connectivity index (χ2n) is 4.39. The summed E-state index contributed by atoms with van der Waals surface area (Å²) >= 11 is 0. The van der Waals surface area contributed by atoms with E-state index in [-0.39, 0.29) is 5.91 Å². The van der Waals surface area contributed by atoms with E-state index in [1.807, 2.05) is 30.2 Å². The Bertz CT molecular complexity index is 358. The average Bonchev–Trinajstić information content (AvgIpc) is 2.49. The highest BCUT2D eigenvalue weighted by Crippen LogP contribution is 2.18. The van der Waals surface area contributed by atoms with Gasteiger partial charge in [-0.3, -0.25) is 9.78 Å². The Morgan fingerprint density at radius 2 is 2.33 bits per heavy atom. The summed E-state index contributed by atoms with van der Waals surface area (Å²) in [5, 5.41) is 0.